The zero-order valence-electron chi connectivity index (χ0n) is 15.3. The number of barbiturate groups is 1. The topological polar surface area (TPSA) is 99.5 Å². The average Bonchev–Trinajstić information content (AvgIpc) is 2.67. The minimum atomic E-state index is -0.830. The number of carbonyl (C=O) groups is 3. The fourth-order valence-corrected chi connectivity index (χ4v) is 3.97. The van der Waals surface area contributed by atoms with Crippen LogP contribution in [0.25, 0.3) is 6.08 Å². The first kappa shape index (κ1) is 22.0. The number of hydrogen-bond donors (Lipinski definition) is 1. The van der Waals surface area contributed by atoms with Crippen molar-refractivity contribution in [3.05, 3.63) is 61.0 Å². The van der Waals surface area contributed by atoms with Crippen LogP contribution in [0.3, 0.4) is 0 Å². The number of carbonyl (C=O) groups excluding carboxylic acids is 3. The summed E-state index contributed by atoms with van der Waals surface area (Å²) >= 11 is 12.9. The summed E-state index contributed by atoms with van der Waals surface area (Å²) in [6.07, 6.45) is 1.33. The molecule has 1 aliphatic heterocycles. The van der Waals surface area contributed by atoms with Crippen molar-refractivity contribution in [2.45, 2.75) is 6.92 Å². The van der Waals surface area contributed by atoms with Crippen LogP contribution in [0.4, 0.5) is 10.5 Å². The summed E-state index contributed by atoms with van der Waals surface area (Å²) in [7, 11) is 0. The average molecular weight is 554 g/mol. The molecular formula is C20H12Br2ClN3O4. The lowest BCUT2D eigenvalue weighted by Gasteiger charge is -2.26. The zero-order chi connectivity index (χ0) is 22.0. The first-order chi connectivity index (χ1) is 14.2. The molecule has 2 aromatic rings. The van der Waals surface area contributed by atoms with Crippen molar-refractivity contribution in [3.63, 3.8) is 0 Å². The fraction of sp³-hybridized carbons (Fsp3) is 0.100. The first-order valence-electron chi connectivity index (χ1n) is 8.39. The van der Waals surface area contributed by atoms with Gasteiger partial charge in [-0.05, 0) is 70.4 Å². The smallest absolute Gasteiger partial charge is 0.335 e. The van der Waals surface area contributed by atoms with Gasteiger partial charge in [0, 0.05) is 4.47 Å². The highest BCUT2D eigenvalue weighted by Gasteiger charge is 2.37. The predicted molar refractivity (Wildman–Crippen MR) is 118 cm³/mol. The van der Waals surface area contributed by atoms with Crippen LogP contribution >= 0.6 is 43.5 Å². The summed E-state index contributed by atoms with van der Waals surface area (Å²) in [4.78, 5) is 38.5. The third-order valence-electron chi connectivity index (χ3n) is 4.11. The molecule has 1 heterocycles. The van der Waals surface area contributed by atoms with Gasteiger partial charge in [-0.3, -0.25) is 14.9 Å². The van der Waals surface area contributed by atoms with E-state index in [0.717, 1.165) is 14.9 Å². The Morgan fingerprint density at radius 2 is 1.93 bits per heavy atom. The van der Waals surface area contributed by atoms with Gasteiger partial charge in [-0.2, -0.15) is 5.26 Å². The van der Waals surface area contributed by atoms with E-state index in [-0.39, 0.29) is 23.0 Å². The summed E-state index contributed by atoms with van der Waals surface area (Å²) in [5, 5.41) is 11.0. The van der Waals surface area contributed by atoms with E-state index in [9.17, 15) is 14.4 Å². The lowest BCUT2D eigenvalue weighted by atomic mass is 10.1. The van der Waals surface area contributed by atoms with Crippen molar-refractivity contribution >= 4 is 73.1 Å². The molecule has 1 N–H and O–H groups in total. The minimum Gasteiger partial charge on any atom is -0.476 e. The second-order valence-corrected chi connectivity index (χ2v) is 8.27. The molecule has 0 saturated carbocycles. The number of hydrogen-bond acceptors (Lipinski definition) is 5. The number of aryl methyl sites for hydroxylation is 1. The quantitative estimate of drug-likeness (QED) is 0.436. The van der Waals surface area contributed by atoms with E-state index in [4.69, 9.17) is 21.6 Å². The maximum atomic E-state index is 13.0. The molecule has 7 nitrogen and oxygen atoms in total. The van der Waals surface area contributed by atoms with E-state index in [1.807, 2.05) is 13.0 Å². The zero-order valence-corrected chi connectivity index (χ0v) is 19.3. The third kappa shape index (κ3) is 4.41. The lowest BCUT2D eigenvalue weighted by molar-refractivity contribution is -0.122. The molecule has 4 amide bonds. The van der Waals surface area contributed by atoms with E-state index in [2.05, 4.69) is 37.2 Å². The van der Waals surface area contributed by atoms with Gasteiger partial charge >= 0.3 is 6.03 Å². The number of rotatable bonds is 4. The normalized spacial score (nSPS) is 15.2. The van der Waals surface area contributed by atoms with Crippen LogP contribution in [0.5, 0.6) is 5.75 Å². The number of imide groups is 2. The van der Waals surface area contributed by atoms with E-state index in [0.29, 0.717) is 15.7 Å². The molecule has 10 heteroatoms. The molecule has 3 rings (SSSR count). The van der Waals surface area contributed by atoms with E-state index < -0.39 is 17.8 Å². The Balaban J connectivity index is 2.00. The number of nitrogens with one attached hydrogen (secondary N) is 1. The Kier molecular flexibility index (Phi) is 6.61. The molecule has 0 unspecified atom stereocenters. The van der Waals surface area contributed by atoms with Crippen molar-refractivity contribution in [2.24, 2.45) is 0 Å². The monoisotopic (exact) mass is 551 g/mol. The Hall–Kier alpha value is -2.67. The molecule has 1 aliphatic rings. The maximum Gasteiger partial charge on any atom is 0.335 e. The number of ether oxygens (including phenoxy) is 1. The van der Waals surface area contributed by atoms with Crippen molar-refractivity contribution in [1.82, 2.24) is 5.32 Å². The molecular weight excluding hydrogens is 541 g/mol. The van der Waals surface area contributed by atoms with Crippen molar-refractivity contribution < 1.29 is 19.1 Å². The highest BCUT2D eigenvalue weighted by atomic mass is 79.9. The van der Waals surface area contributed by atoms with Crippen LogP contribution in [0.2, 0.25) is 5.02 Å². The van der Waals surface area contributed by atoms with E-state index in [1.165, 1.54) is 12.1 Å². The second kappa shape index (κ2) is 9.00. The molecule has 1 fully saturated rings. The van der Waals surface area contributed by atoms with Gasteiger partial charge in [-0.25, -0.2) is 9.69 Å². The maximum absolute atomic E-state index is 13.0. The second-order valence-electron chi connectivity index (χ2n) is 6.15. The number of urea groups is 1. The number of amides is 4. The highest BCUT2D eigenvalue weighted by molar-refractivity contribution is 9.10. The van der Waals surface area contributed by atoms with E-state index >= 15 is 0 Å². The largest absolute Gasteiger partial charge is 0.476 e. The Morgan fingerprint density at radius 1 is 1.20 bits per heavy atom. The molecule has 0 spiro atoms. The van der Waals surface area contributed by atoms with Gasteiger partial charge in [0.2, 0.25) is 0 Å². The minimum absolute atomic E-state index is 0.187. The molecule has 30 heavy (non-hydrogen) atoms. The number of halogens is 3. The van der Waals surface area contributed by atoms with Crippen molar-refractivity contribution in [1.29, 1.82) is 5.26 Å². The van der Waals surface area contributed by atoms with Crippen LogP contribution in [-0.4, -0.2) is 24.5 Å². The molecule has 152 valence electrons. The molecule has 0 radical (unpaired) electrons. The van der Waals surface area contributed by atoms with Gasteiger partial charge in [-0.15, -0.1) is 0 Å². The van der Waals surface area contributed by atoms with Crippen LogP contribution in [0.1, 0.15) is 11.1 Å². The summed E-state index contributed by atoms with van der Waals surface area (Å²) in [6.45, 7) is 1.63. The molecule has 2 aromatic carbocycles. The van der Waals surface area contributed by atoms with Gasteiger partial charge < -0.3 is 4.74 Å². The number of anilines is 1. The third-order valence-corrected chi connectivity index (χ3v) is 5.87. The SMILES string of the molecule is Cc1cc(N2C(=O)NC(=O)/C(=C\c3cc(Cl)c(OCC#N)c(Br)c3)C2=O)ccc1Br. The predicted octanol–water partition coefficient (Wildman–Crippen LogP) is 4.74. The molecule has 0 bridgehead atoms. The van der Waals surface area contributed by atoms with Crippen LogP contribution in [0.15, 0.2) is 44.9 Å². The molecule has 0 aliphatic carbocycles. The number of benzene rings is 2. The highest BCUT2D eigenvalue weighted by Crippen LogP contribution is 2.35. The van der Waals surface area contributed by atoms with Gasteiger partial charge in [0.25, 0.3) is 11.8 Å². The van der Waals surface area contributed by atoms with Crippen molar-refractivity contribution in [3.8, 4) is 11.8 Å². The van der Waals surface area contributed by atoms with Gasteiger partial charge in [0.15, 0.2) is 12.4 Å². The van der Waals surface area contributed by atoms with Crippen LogP contribution < -0.4 is 15.0 Å². The van der Waals surface area contributed by atoms with Crippen LogP contribution in [0, 0.1) is 18.3 Å². The standard InChI is InChI=1S/C20H12Br2ClN3O4/c1-10-6-12(2-3-14(10)21)26-19(28)13(18(27)25-20(26)29)7-11-8-15(22)17(16(23)9-11)30-5-4-24/h2-3,6-9H,5H2,1H3,(H,25,27,29)/b13-7+. The van der Waals surface area contributed by atoms with E-state index in [1.54, 1.807) is 24.3 Å². The summed E-state index contributed by atoms with van der Waals surface area (Å²) < 4.78 is 6.51. The van der Waals surface area contributed by atoms with Gasteiger partial charge in [0.1, 0.15) is 11.6 Å². The Bertz CT molecular complexity index is 1130. The first-order valence-corrected chi connectivity index (χ1v) is 10.4. The number of nitriles is 1. The molecule has 0 aromatic heterocycles. The van der Waals surface area contributed by atoms with Gasteiger partial charge in [0.05, 0.1) is 15.2 Å². The molecule has 1 saturated heterocycles. The Labute approximate surface area is 193 Å². The van der Waals surface area contributed by atoms with Crippen LogP contribution in [-0.2, 0) is 9.59 Å². The van der Waals surface area contributed by atoms with Crippen molar-refractivity contribution in [2.75, 3.05) is 11.5 Å². The number of nitrogens with zero attached hydrogens (tertiary/aromatic N) is 2. The Morgan fingerprint density at radius 3 is 2.57 bits per heavy atom. The lowest BCUT2D eigenvalue weighted by Crippen LogP contribution is -2.54. The fourth-order valence-electron chi connectivity index (χ4n) is 2.73. The summed E-state index contributed by atoms with van der Waals surface area (Å²) in [5.74, 6) is -1.31. The summed E-state index contributed by atoms with van der Waals surface area (Å²) in [6, 6.07) is 9.04. The van der Waals surface area contributed by atoms with Gasteiger partial charge in [-0.1, -0.05) is 27.5 Å². The molecule has 0 atom stereocenters. The summed E-state index contributed by atoms with van der Waals surface area (Å²) in [5.41, 5.74) is 1.34.